The predicted octanol–water partition coefficient (Wildman–Crippen LogP) is 3.98. The van der Waals surface area contributed by atoms with E-state index >= 15 is 0 Å². The number of hydrogen-bond donors (Lipinski definition) is 1. The van der Waals surface area contributed by atoms with Gasteiger partial charge in [-0.1, -0.05) is 6.92 Å². The predicted molar refractivity (Wildman–Crippen MR) is 84.3 cm³/mol. The molecule has 100 valence electrons. The largest absolute Gasteiger partial charge is 0.373 e. The maximum Gasteiger partial charge on any atom is 0.181 e. The summed E-state index contributed by atoms with van der Waals surface area (Å²) < 4.78 is 1.78. The van der Waals surface area contributed by atoms with Crippen molar-refractivity contribution in [3.8, 4) is 11.5 Å². The van der Waals surface area contributed by atoms with Crippen LogP contribution >= 0.6 is 31.9 Å². The van der Waals surface area contributed by atoms with Crippen LogP contribution in [0.3, 0.4) is 0 Å². The highest BCUT2D eigenvalue weighted by molar-refractivity contribution is 9.11. The molecule has 0 aliphatic heterocycles. The van der Waals surface area contributed by atoms with Crippen molar-refractivity contribution in [3.05, 3.63) is 32.5 Å². The Balaban J connectivity index is 2.60. The average Bonchev–Trinajstić information content (AvgIpc) is 2.37. The number of anilines is 1. The van der Waals surface area contributed by atoms with Crippen LogP contribution in [0.25, 0.3) is 11.5 Å². The van der Waals surface area contributed by atoms with Crippen LogP contribution in [0.15, 0.2) is 21.2 Å². The third-order valence-electron chi connectivity index (χ3n) is 2.82. The van der Waals surface area contributed by atoms with Crippen LogP contribution in [0.4, 0.5) is 5.82 Å². The summed E-state index contributed by atoms with van der Waals surface area (Å²) in [5.41, 5.74) is 2.86. The van der Waals surface area contributed by atoms with E-state index in [1.165, 1.54) is 0 Å². The Morgan fingerprint density at radius 1 is 1.26 bits per heavy atom. The summed E-state index contributed by atoms with van der Waals surface area (Å²) in [5, 5.41) is 3.12. The minimum Gasteiger partial charge on any atom is -0.373 e. The monoisotopic (exact) mass is 384 g/mol. The molecule has 0 spiro atoms. The Hall–Kier alpha value is -1.01. The molecule has 1 N–H and O–H groups in total. The van der Waals surface area contributed by atoms with Crippen LogP contribution in [0.1, 0.15) is 18.2 Å². The van der Waals surface area contributed by atoms with Crippen molar-refractivity contribution in [2.24, 2.45) is 0 Å². The lowest BCUT2D eigenvalue weighted by atomic mass is 10.1. The Morgan fingerprint density at radius 3 is 2.58 bits per heavy atom. The van der Waals surface area contributed by atoms with Crippen molar-refractivity contribution in [2.75, 3.05) is 12.4 Å². The number of halogens is 2. The molecule has 0 unspecified atom stereocenters. The van der Waals surface area contributed by atoms with Crippen molar-refractivity contribution < 1.29 is 0 Å². The number of aromatic nitrogens is 3. The molecular weight excluding hydrogens is 372 g/mol. The summed E-state index contributed by atoms with van der Waals surface area (Å²) >= 11 is 6.89. The number of hydrogen-bond acceptors (Lipinski definition) is 4. The minimum atomic E-state index is 0.624. The molecule has 0 radical (unpaired) electrons. The molecule has 0 aliphatic rings. The third kappa shape index (κ3) is 2.95. The van der Waals surface area contributed by atoms with E-state index in [1.54, 1.807) is 6.20 Å². The fourth-order valence-electron chi connectivity index (χ4n) is 1.91. The van der Waals surface area contributed by atoms with Crippen LogP contribution < -0.4 is 5.32 Å². The van der Waals surface area contributed by atoms with E-state index in [4.69, 9.17) is 0 Å². The summed E-state index contributed by atoms with van der Waals surface area (Å²) in [6, 6.07) is 1.94. The number of aryl methyl sites for hydroxylation is 1. The zero-order valence-corrected chi connectivity index (χ0v) is 14.1. The van der Waals surface area contributed by atoms with E-state index in [0.717, 1.165) is 38.1 Å². The average molecular weight is 386 g/mol. The van der Waals surface area contributed by atoms with E-state index in [2.05, 4.69) is 59.1 Å². The van der Waals surface area contributed by atoms with Gasteiger partial charge in [0.25, 0.3) is 0 Å². The first-order valence-corrected chi connectivity index (χ1v) is 7.52. The van der Waals surface area contributed by atoms with Gasteiger partial charge in [0.2, 0.25) is 0 Å². The van der Waals surface area contributed by atoms with Crippen LogP contribution in [0.2, 0.25) is 0 Å². The molecule has 2 aromatic rings. The van der Waals surface area contributed by atoms with Crippen molar-refractivity contribution in [3.63, 3.8) is 0 Å². The summed E-state index contributed by atoms with van der Waals surface area (Å²) in [7, 11) is 1.87. The Kier molecular flexibility index (Phi) is 4.52. The number of pyridine rings is 1. The van der Waals surface area contributed by atoms with E-state index in [-0.39, 0.29) is 0 Å². The van der Waals surface area contributed by atoms with Gasteiger partial charge < -0.3 is 5.32 Å². The Bertz CT molecular complexity index is 614. The lowest BCUT2D eigenvalue weighted by Crippen LogP contribution is -2.05. The first-order valence-electron chi connectivity index (χ1n) is 5.93. The zero-order valence-electron chi connectivity index (χ0n) is 11.0. The van der Waals surface area contributed by atoms with Gasteiger partial charge in [-0.05, 0) is 51.3 Å². The molecule has 19 heavy (non-hydrogen) atoms. The Labute approximate surface area is 129 Å². The van der Waals surface area contributed by atoms with E-state index < -0.39 is 0 Å². The molecule has 0 saturated heterocycles. The molecule has 2 rings (SSSR count). The quantitative estimate of drug-likeness (QED) is 0.868. The smallest absolute Gasteiger partial charge is 0.181 e. The standard InChI is InChI=1S/C13H14Br2N4/c1-4-9-7(2)18-13(19-12(9)16-3)11-10(15)5-8(14)6-17-11/h5-6H,4H2,1-3H3,(H,16,18,19). The number of rotatable bonds is 3. The fraction of sp³-hybridized carbons (Fsp3) is 0.308. The van der Waals surface area contributed by atoms with E-state index in [1.807, 2.05) is 20.0 Å². The van der Waals surface area contributed by atoms with Gasteiger partial charge in [-0.2, -0.15) is 0 Å². The van der Waals surface area contributed by atoms with E-state index in [0.29, 0.717) is 5.82 Å². The maximum atomic E-state index is 4.55. The zero-order chi connectivity index (χ0) is 14.0. The molecule has 0 aromatic carbocycles. The molecule has 0 aliphatic carbocycles. The SMILES string of the molecule is CCc1c(C)nc(-c2ncc(Br)cc2Br)nc1NC. The normalized spacial score (nSPS) is 10.6. The van der Waals surface area contributed by atoms with E-state index in [9.17, 15) is 0 Å². The van der Waals surface area contributed by atoms with Gasteiger partial charge in [0, 0.05) is 33.4 Å². The summed E-state index contributed by atoms with van der Waals surface area (Å²) in [5.74, 6) is 1.49. The molecule has 0 amide bonds. The van der Waals surface area contributed by atoms with Gasteiger partial charge in [0.15, 0.2) is 5.82 Å². The Morgan fingerprint density at radius 2 is 2.00 bits per heavy atom. The highest BCUT2D eigenvalue weighted by Crippen LogP contribution is 2.28. The van der Waals surface area contributed by atoms with Gasteiger partial charge in [0.05, 0.1) is 0 Å². The van der Waals surface area contributed by atoms with Gasteiger partial charge in [-0.15, -0.1) is 0 Å². The molecule has 0 bridgehead atoms. The molecule has 2 heterocycles. The fourth-order valence-corrected chi connectivity index (χ4v) is 3.08. The van der Waals surface area contributed by atoms with Crippen molar-refractivity contribution in [1.29, 1.82) is 0 Å². The van der Waals surface area contributed by atoms with Crippen LogP contribution in [0.5, 0.6) is 0 Å². The van der Waals surface area contributed by atoms with Gasteiger partial charge in [-0.25, -0.2) is 9.97 Å². The summed E-state index contributed by atoms with van der Waals surface area (Å²) in [4.78, 5) is 13.5. The summed E-state index contributed by atoms with van der Waals surface area (Å²) in [6.45, 7) is 4.09. The molecule has 0 atom stereocenters. The minimum absolute atomic E-state index is 0.624. The number of nitrogens with one attached hydrogen (secondary N) is 1. The molecule has 0 saturated carbocycles. The molecule has 2 aromatic heterocycles. The van der Waals surface area contributed by atoms with Crippen LogP contribution in [-0.2, 0) is 6.42 Å². The van der Waals surface area contributed by atoms with Crippen LogP contribution in [0, 0.1) is 6.92 Å². The maximum absolute atomic E-state index is 4.55. The van der Waals surface area contributed by atoms with Crippen LogP contribution in [-0.4, -0.2) is 22.0 Å². The molecular formula is C13H14Br2N4. The second kappa shape index (κ2) is 5.96. The lowest BCUT2D eigenvalue weighted by Gasteiger charge is -2.12. The van der Waals surface area contributed by atoms with Gasteiger partial charge in [0.1, 0.15) is 11.5 Å². The van der Waals surface area contributed by atoms with Gasteiger partial charge >= 0.3 is 0 Å². The lowest BCUT2D eigenvalue weighted by molar-refractivity contribution is 0.994. The second-order valence-corrected chi connectivity index (χ2v) is 5.82. The highest BCUT2D eigenvalue weighted by atomic mass is 79.9. The number of nitrogens with zero attached hydrogens (tertiary/aromatic N) is 3. The first-order chi connectivity index (χ1) is 9.06. The first kappa shape index (κ1) is 14.4. The highest BCUT2D eigenvalue weighted by Gasteiger charge is 2.14. The third-order valence-corrected chi connectivity index (χ3v) is 3.86. The van der Waals surface area contributed by atoms with Gasteiger partial charge in [-0.3, -0.25) is 4.98 Å². The molecule has 6 heteroatoms. The van der Waals surface area contributed by atoms with Crippen molar-refractivity contribution in [2.45, 2.75) is 20.3 Å². The summed E-state index contributed by atoms with van der Waals surface area (Å²) in [6.07, 6.45) is 2.64. The van der Waals surface area contributed by atoms with Crippen molar-refractivity contribution >= 4 is 37.7 Å². The molecule has 4 nitrogen and oxygen atoms in total. The molecule has 0 fully saturated rings. The topological polar surface area (TPSA) is 50.7 Å². The van der Waals surface area contributed by atoms with Crippen molar-refractivity contribution in [1.82, 2.24) is 15.0 Å². The second-order valence-electron chi connectivity index (χ2n) is 4.05.